The lowest BCUT2D eigenvalue weighted by molar-refractivity contribution is -0.149. The molecule has 1 aliphatic rings. The van der Waals surface area contributed by atoms with Crippen molar-refractivity contribution in [3.05, 3.63) is 33.9 Å². The topological polar surface area (TPSA) is 194 Å². The third-order valence-electron chi connectivity index (χ3n) is 5.59. The maximum absolute atomic E-state index is 14.9. The van der Waals surface area contributed by atoms with Gasteiger partial charge in [0.25, 0.3) is 5.78 Å². The zero-order chi connectivity index (χ0) is 25.4. The predicted molar refractivity (Wildman–Crippen MR) is 117 cm³/mol. The number of piperazine rings is 1. The van der Waals surface area contributed by atoms with Crippen LogP contribution in [0.1, 0.15) is 17.3 Å². The van der Waals surface area contributed by atoms with Gasteiger partial charge in [0.2, 0.25) is 11.1 Å². The Morgan fingerprint density at radius 2 is 1.76 bits per heavy atom. The Morgan fingerprint density at radius 3 is 2.26 bits per heavy atom. The van der Waals surface area contributed by atoms with Gasteiger partial charge in [-0.3, -0.25) is 14.5 Å². The quantitative estimate of drug-likeness (QED) is 0.222. The maximum Gasteiger partial charge on any atom is 0.416 e. The summed E-state index contributed by atoms with van der Waals surface area (Å²) in [7, 11) is -4.77. The number of fused-ring (bicyclic) bond motifs is 1. The Labute approximate surface area is 191 Å². The highest BCUT2D eigenvalue weighted by Crippen LogP contribution is 2.50. The number of rotatable bonds is 8. The number of aryl methyl sites for hydroxylation is 1. The van der Waals surface area contributed by atoms with E-state index in [1.54, 1.807) is 11.8 Å². The van der Waals surface area contributed by atoms with Gasteiger partial charge in [-0.15, -0.1) is 0 Å². The Kier molecular flexibility index (Phi) is 7.29. The van der Waals surface area contributed by atoms with Gasteiger partial charge in [0, 0.05) is 38.9 Å². The number of ketones is 1. The van der Waals surface area contributed by atoms with Gasteiger partial charge in [-0.1, -0.05) is 0 Å². The van der Waals surface area contributed by atoms with Crippen molar-refractivity contribution in [3.8, 4) is 0 Å². The third-order valence-corrected chi connectivity index (χ3v) is 6.82. The number of carbonyl (C=O) groups is 3. The molecule has 0 radical (unpaired) electrons. The number of carboxylic acids is 2. The summed E-state index contributed by atoms with van der Waals surface area (Å²) in [5.74, 6) is -5.78. The number of Topliss-reactive ketones (excluding diaryl/α,β-unsaturated/α-hetero) is 1. The highest BCUT2D eigenvalue weighted by molar-refractivity contribution is 7.60. The van der Waals surface area contributed by atoms with Crippen LogP contribution in [-0.4, -0.2) is 95.4 Å². The summed E-state index contributed by atoms with van der Waals surface area (Å²) >= 11 is 0. The average molecular weight is 501 g/mol. The van der Waals surface area contributed by atoms with Crippen molar-refractivity contribution in [2.75, 3.05) is 37.6 Å². The molecule has 0 saturated carbocycles. The van der Waals surface area contributed by atoms with Gasteiger partial charge < -0.3 is 19.7 Å². The Hall–Kier alpha value is -3.03. The summed E-state index contributed by atoms with van der Waals surface area (Å²) in [4.78, 5) is 82.3. The van der Waals surface area contributed by atoms with E-state index in [1.807, 2.05) is 0 Å². The number of aromatic carboxylic acids is 1. The number of hydrogen-bond acceptors (Lipinski definition) is 10. The van der Waals surface area contributed by atoms with Crippen molar-refractivity contribution in [1.82, 2.24) is 14.5 Å². The van der Waals surface area contributed by atoms with Crippen LogP contribution in [0.5, 0.6) is 0 Å². The summed E-state index contributed by atoms with van der Waals surface area (Å²) in [6, 6.07) is 0.939. The zero-order valence-corrected chi connectivity index (χ0v) is 18.9. The summed E-state index contributed by atoms with van der Waals surface area (Å²) in [5.41, 5.74) is -3.15. The fourth-order valence-corrected chi connectivity index (χ4v) is 4.65. The number of aliphatic carboxylic acids is 1. The molecule has 0 amide bonds. The standard InChI is InChI=1S/C19H22FN4O9P/c1-2-23-8-11(18(27)28)14(25)10-7-12(20)17(21-16(10)23)24-5-3-22(4-6-24)9-13(34(31,32)33)15(26)19(29)30/h7-8,13,31-33H,2-6,9H2,1H3,(H-,27,28,29,30)/p+1. The van der Waals surface area contributed by atoms with Crippen molar-refractivity contribution in [1.29, 1.82) is 0 Å². The third kappa shape index (κ3) is 5.05. The van der Waals surface area contributed by atoms with Gasteiger partial charge in [0.1, 0.15) is 11.2 Å². The number of carbonyl (C=O) groups excluding carboxylic acids is 1. The van der Waals surface area contributed by atoms with Crippen molar-refractivity contribution in [2.45, 2.75) is 19.1 Å². The molecule has 5 N–H and O–H groups in total. The van der Waals surface area contributed by atoms with Crippen LogP contribution in [0.25, 0.3) is 11.0 Å². The van der Waals surface area contributed by atoms with Crippen LogP contribution < -0.4 is 10.3 Å². The first-order valence-corrected chi connectivity index (χ1v) is 11.8. The monoisotopic (exact) mass is 501 g/mol. The van der Waals surface area contributed by atoms with E-state index in [4.69, 9.17) is 5.11 Å². The van der Waals surface area contributed by atoms with E-state index in [0.717, 1.165) is 12.3 Å². The Balaban J connectivity index is 1.85. The van der Waals surface area contributed by atoms with E-state index in [1.165, 1.54) is 9.47 Å². The largest absolute Gasteiger partial charge is 0.477 e. The van der Waals surface area contributed by atoms with Crippen LogP contribution >= 0.6 is 7.94 Å². The lowest BCUT2D eigenvalue weighted by Gasteiger charge is -2.36. The first kappa shape index (κ1) is 25.6. The van der Waals surface area contributed by atoms with Crippen molar-refractivity contribution >= 4 is 42.5 Å². The molecular weight excluding hydrogens is 478 g/mol. The second-order valence-electron chi connectivity index (χ2n) is 7.72. The van der Waals surface area contributed by atoms with Crippen molar-refractivity contribution in [2.24, 2.45) is 0 Å². The molecule has 0 spiro atoms. The smallest absolute Gasteiger partial charge is 0.416 e. The second-order valence-corrected chi connectivity index (χ2v) is 9.57. The lowest BCUT2D eigenvalue weighted by Crippen LogP contribution is -2.51. The number of halogens is 1. The van der Waals surface area contributed by atoms with Crippen molar-refractivity contribution in [3.63, 3.8) is 0 Å². The number of hydrogen-bond donors (Lipinski definition) is 5. The number of pyridine rings is 2. The molecule has 3 heterocycles. The van der Waals surface area contributed by atoms with Crippen LogP contribution in [0.2, 0.25) is 0 Å². The first-order chi connectivity index (χ1) is 15.8. The molecule has 1 saturated heterocycles. The minimum absolute atomic E-state index is 0.0803. The van der Waals surface area contributed by atoms with Gasteiger partial charge >= 0.3 is 19.9 Å². The number of aromatic nitrogens is 2. The van der Waals surface area contributed by atoms with Gasteiger partial charge in [0.05, 0.1) is 11.9 Å². The Bertz CT molecular complexity index is 1200. The SMILES string of the molecule is CCn1cc(C(=O)O)c(=O)c2cc(F)c(N3CCN(CC(C(=O)C(=O)O)[P+](O)(O)O)CC3)nc21. The molecule has 2 aromatic heterocycles. The molecule has 13 nitrogen and oxygen atoms in total. The van der Waals surface area contributed by atoms with Crippen LogP contribution in [0, 0.1) is 5.82 Å². The highest BCUT2D eigenvalue weighted by atomic mass is 31.2. The molecule has 1 fully saturated rings. The van der Waals surface area contributed by atoms with E-state index in [9.17, 15) is 43.4 Å². The molecular formula is C19H23FN4O9P+. The minimum Gasteiger partial charge on any atom is -0.477 e. The average Bonchev–Trinajstić information content (AvgIpc) is 2.76. The second kappa shape index (κ2) is 9.68. The maximum atomic E-state index is 14.9. The van der Waals surface area contributed by atoms with Crippen LogP contribution in [-0.2, 0) is 16.1 Å². The number of nitrogens with zero attached hydrogens (tertiary/aromatic N) is 4. The molecule has 0 bridgehead atoms. The molecule has 0 aliphatic carbocycles. The summed E-state index contributed by atoms with van der Waals surface area (Å²) in [6.45, 7) is 2.18. The zero-order valence-electron chi connectivity index (χ0n) is 18.0. The van der Waals surface area contributed by atoms with Gasteiger partial charge in [-0.05, 0) is 13.0 Å². The summed E-state index contributed by atoms with van der Waals surface area (Å²) < 4.78 is 16.3. The first-order valence-electron chi connectivity index (χ1n) is 10.1. The predicted octanol–water partition coefficient (Wildman–Crippen LogP) is -0.862. The molecule has 34 heavy (non-hydrogen) atoms. The summed E-state index contributed by atoms with van der Waals surface area (Å²) in [5, 5.41) is 17.9. The van der Waals surface area contributed by atoms with Gasteiger partial charge in [0.15, 0.2) is 11.6 Å². The van der Waals surface area contributed by atoms with Gasteiger partial charge in [-0.2, -0.15) is 14.7 Å². The van der Waals surface area contributed by atoms with E-state index in [2.05, 4.69) is 4.98 Å². The molecule has 1 aliphatic heterocycles. The molecule has 0 aromatic carbocycles. The van der Waals surface area contributed by atoms with E-state index < -0.39 is 54.7 Å². The fraction of sp³-hybridized carbons (Fsp3) is 0.421. The van der Waals surface area contributed by atoms with Crippen LogP contribution in [0.15, 0.2) is 17.1 Å². The van der Waals surface area contributed by atoms with E-state index in [0.29, 0.717) is 0 Å². The minimum atomic E-state index is -4.77. The molecule has 3 rings (SSSR count). The van der Waals surface area contributed by atoms with Crippen LogP contribution in [0.4, 0.5) is 10.2 Å². The molecule has 184 valence electrons. The molecule has 1 atom stereocenters. The molecule has 15 heteroatoms. The Morgan fingerprint density at radius 1 is 1.15 bits per heavy atom. The highest BCUT2D eigenvalue weighted by Gasteiger charge is 2.51. The molecule has 2 aromatic rings. The lowest BCUT2D eigenvalue weighted by atomic mass is 10.1. The van der Waals surface area contributed by atoms with E-state index >= 15 is 0 Å². The number of anilines is 1. The fourth-order valence-electron chi connectivity index (χ4n) is 3.77. The summed E-state index contributed by atoms with van der Waals surface area (Å²) in [6.07, 6.45) is 1.15. The van der Waals surface area contributed by atoms with Gasteiger partial charge in [-0.25, -0.2) is 19.0 Å². The van der Waals surface area contributed by atoms with Crippen molar-refractivity contribution < 1.29 is 43.7 Å². The van der Waals surface area contributed by atoms with Crippen LogP contribution in [0.3, 0.4) is 0 Å². The number of carboxylic acid groups (broad SMARTS) is 2. The van der Waals surface area contributed by atoms with E-state index in [-0.39, 0.29) is 49.6 Å². The molecule has 1 unspecified atom stereocenters. The normalized spacial score (nSPS) is 16.0.